The van der Waals surface area contributed by atoms with E-state index in [1.807, 2.05) is 5.38 Å². The molecule has 0 saturated heterocycles. The monoisotopic (exact) mass is 311 g/mol. The van der Waals surface area contributed by atoms with Gasteiger partial charge in [0.25, 0.3) is 0 Å². The van der Waals surface area contributed by atoms with Gasteiger partial charge in [-0.25, -0.2) is 4.98 Å². The van der Waals surface area contributed by atoms with Crippen LogP contribution in [-0.4, -0.2) is 10.9 Å². The van der Waals surface area contributed by atoms with E-state index >= 15 is 0 Å². The molecule has 2 aromatic rings. The molecule has 17 heavy (non-hydrogen) atoms. The van der Waals surface area contributed by atoms with Gasteiger partial charge in [0.05, 0.1) is 12.1 Å². The largest absolute Gasteiger partial charge is 0.366 e. The Hall–Kier alpha value is -1.40. The van der Waals surface area contributed by atoms with Crippen molar-refractivity contribution in [2.75, 3.05) is 5.32 Å². The fourth-order valence-electron chi connectivity index (χ4n) is 1.27. The van der Waals surface area contributed by atoms with Crippen molar-refractivity contribution in [2.45, 2.75) is 6.54 Å². The number of nitrogens with zero attached hydrogens (tertiary/aromatic N) is 1. The summed E-state index contributed by atoms with van der Waals surface area (Å²) in [6, 6.07) is 5.44. The summed E-state index contributed by atoms with van der Waals surface area (Å²) in [7, 11) is 0. The molecule has 0 aromatic carbocycles. The molecule has 0 spiro atoms. The Balaban J connectivity index is 1.97. The lowest BCUT2D eigenvalue weighted by molar-refractivity contribution is 0.1000. The average molecular weight is 312 g/mol. The Morgan fingerprint density at radius 2 is 2.35 bits per heavy atom. The summed E-state index contributed by atoms with van der Waals surface area (Å²) < 4.78 is 1.08. The summed E-state index contributed by atoms with van der Waals surface area (Å²) in [4.78, 5) is 16.2. The predicted octanol–water partition coefficient (Wildman–Crippen LogP) is 2.62. The Kier molecular flexibility index (Phi) is 3.75. The lowest BCUT2D eigenvalue weighted by Crippen LogP contribution is -2.11. The topological polar surface area (TPSA) is 68.0 Å². The van der Waals surface area contributed by atoms with E-state index < -0.39 is 5.91 Å². The fourth-order valence-corrected chi connectivity index (χ4v) is 2.66. The molecule has 6 heteroatoms. The van der Waals surface area contributed by atoms with Crippen molar-refractivity contribution in [3.05, 3.63) is 44.7 Å². The minimum Gasteiger partial charge on any atom is -0.366 e. The summed E-state index contributed by atoms with van der Waals surface area (Å²) in [5.41, 5.74) is 5.54. The molecule has 1 amide bonds. The molecule has 88 valence electrons. The molecular weight excluding hydrogens is 302 g/mol. The maximum atomic E-state index is 10.9. The third kappa shape index (κ3) is 3.28. The number of thiophene rings is 1. The summed E-state index contributed by atoms with van der Waals surface area (Å²) in [5, 5.41) is 5.20. The number of nitrogens with two attached hydrogens (primary N) is 1. The maximum absolute atomic E-state index is 10.9. The average Bonchev–Trinajstić information content (AvgIpc) is 2.73. The molecule has 0 saturated carbocycles. The van der Waals surface area contributed by atoms with Crippen molar-refractivity contribution in [1.82, 2.24) is 4.98 Å². The van der Waals surface area contributed by atoms with Crippen LogP contribution in [0.1, 0.15) is 15.2 Å². The van der Waals surface area contributed by atoms with Crippen LogP contribution in [0.5, 0.6) is 0 Å². The first-order valence-electron chi connectivity index (χ1n) is 4.88. The highest BCUT2D eigenvalue weighted by Gasteiger charge is 2.01. The second kappa shape index (κ2) is 5.29. The van der Waals surface area contributed by atoms with Crippen LogP contribution in [0, 0.1) is 0 Å². The number of amides is 1. The van der Waals surface area contributed by atoms with E-state index in [1.165, 1.54) is 11.1 Å². The highest BCUT2D eigenvalue weighted by molar-refractivity contribution is 9.10. The van der Waals surface area contributed by atoms with E-state index in [-0.39, 0.29) is 0 Å². The highest BCUT2D eigenvalue weighted by atomic mass is 79.9. The molecule has 3 N–H and O–H groups in total. The number of nitrogens with one attached hydrogen (secondary N) is 1. The number of carbonyl (C=O) groups is 1. The van der Waals surface area contributed by atoms with Gasteiger partial charge < -0.3 is 11.1 Å². The van der Waals surface area contributed by atoms with Gasteiger partial charge in [-0.1, -0.05) is 0 Å². The lowest BCUT2D eigenvalue weighted by atomic mass is 10.3. The van der Waals surface area contributed by atoms with Gasteiger partial charge in [-0.2, -0.15) is 0 Å². The lowest BCUT2D eigenvalue weighted by Gasteiger charge is -2.03. The van der Waals surface area contributed by atoms with Crippen LogP contribution >= 0.6 is 27.3 Å². The summed E-state index contributed by atoms with van der Waals surface area (Å²) in [6.45, 7) is 0.708. The summed E-state index contributed by atoms with van der Waals surface area (Å²) >= 11 is 5.07. The van der Waals surface area contributed by atoms with Gasteiger partial charge in [0.1, 0.15) is 5.82 Å². The molecule has 0 fully saturated rings. The first-order valence-corrected chi connectivity index (χ1v) is 6.55. The van der Waals surface area contributed by atoms with Gasteiger partial charge in [-0.3, -0.25) is 4.79 Å². The molecule has 0 atom stereocenters. The van der Waals surface area contributed by atoms with Crippen molar-refractivity contribution in [3.8, 4) is 0 Å². The Morgan fingerprint density at radius 1 is 1.53 bits per heavy atom. The number of aromatic nitrogens is 1. The van der Waals surface area contributed by atoms with Crippen molar-refractivity contribution < 1.29 is 4.79 Å². The predicted molar refractivity (Wildman–Crippen MR) is 72.1 cm³/mol. The van der Waals surface area contributed by atoms with Crippen LogP contribution in [0.25, 0.3) is 0 Å². The zero-order valence-electron chi connectivity index (χ0n) is 8.81. The van der Waals surface area contributed by atoms with E-state index in [2.05, 4.69) is 32.3 Å². The molecule has 0 bridgehead atoms. The number of pyridine rings is 1. The number of hydrogen-bond donors (Lipinski definition) is 2. The van der Waals surface area contributed by atoms with E-state index in [0.717, 1.165) is 10.3 Å². The second-order valence-corrected chi connectivity index (χ2v) is 5.29. The van der Waals surface area contributed by atoms with Crippen LogP contribution < -0.4 is 11.1 Å². The fraction of sp³-hybridized carbons (Fsp3) is 0.0909. The number of primary amides is 1. The van der Waals surface area contributed by atoms with Crippen molar-refractivity contribution in [2.24, 2.45) is 5.73 Å². The third-order valence-corrected chi connectivity index (χ3v) is 3.81. The molecule has 2 heterocycles. The molecule has 0 aliphatic carbocycles. The normalized spacial score (nSPS) is 10.2. The number of halogens is 1. The highest BCUT2D eigenvalue weighted by Crippen LogP contribution is 2.20. The smallest absolute Gasteiger partial charge is 0.250 e. The van der Waals surface area contributed by atoms with Gasteiger partial charge in [-0.05, 0) is 34.1 Å². The van der Waals surface area contributed by atoms with Crippen LogP contribution in [-0.2, 0) is 6.54 Å². The second-order valence-electron chi connectivity index (χ2n) is 3.38. The van der Waals surface area contributed by atoms with Gasteiger partial charge in [0.2, 0.25) is 5.91 Å². The van der Waals surface area contributed by atoms with Crippen LogP contribution in [0.3, 0.4) is 0 Å². The first-order chi connectivity index (χ1) is 8.15. The van der Waals surface area contributed by atoms with Crippen LogP contribution in [0.15, 0.2) is 34.2 Å². The van der Waals surface area contributed by atoms with Crippen LogP contribution in [0.2, 0.25) is 0 Å². The molecule has 2 rings (SSSR count). The number of rotatable bonds is 4. The molecule has 0 unspecified atom stereocenters. The van der Waals surface area contributed by atoms with Gasteiger partial charge in [0, 0.05) is 20.9 Å². The quantitative estimate of drug-likeness (QED) is 0.912. The zero-order valence-corrected chi connectivity index (χ0v) is 11.2. The number of hydrogen-bond acceptors (Lipinski definition) is 4. The van der Waals surface area contributed by atoms with Gasteiger partial charge in [-0.15, -0.1) is 11.3 Å². The van der Waals surface area contributed by atoms with Crippen molar-refractivity contribution >= 4 is 39.0 Å². The molecule has 0 aliphatic heterocycles. The summed E-state index contributed by atoms with van der Waals surface area (Å²) in [6.07, 6.45) is 1.47. The molecule has 4 nitrogen and oxygen atoms in total. The molecule has 0 aliphatic rings. The Morgan fingerprint density at radius 3 is 2.88 bits per heavy atom. The molecule has 2 aromatic heterocycles. The standard InChI is InChI=1S/C11H10BrN3OS/c12-8-3-9(17-6-8)5-15-10-2-1-7(4-14-10)11(13)16/h1-4,6H,5H2,(H2,13,16)(H,14,15). The maximum Gasteiger partial charge on any atom is 0.250 e. The summed E-state index contributed by atoms with van der Waals surface area (Å²) in [5.74, 6) is 0.255. The Bertz CT molecular complexity index is 524. The molecule has 0 radical (unpaired) electrons. The van der Waals surface area contributed by atoms with Gasteiger partial charge in [0.15, 0.2) is 0 Å². The van der Waals surface area contributed by atoms with E-state index in [1.54, 1.807) is 23.5 Å². The van der Waals surface area contributed by atoms with Gasteiger partial charge >= 0.3 is 0 Å². The SMILES string of the molecule is NC(=O)c1ccc(NCc2cc(Br)cs2)nc1. The van der Waals surface area contributed by atoms with E-state index in [0.29, 0.717) is 12.1 Å². The minimum atomic E-state index is -0.466. The minimum absolute atomic E-state index is 0.411. The van der Waals surface area contributed by atoms with E-state index in [4.69, 9.17) is 5.73 Å². The van der Waals surface area contributed by atoms with E-state index in [9.17, 15) is 4.79 Å². The number of anilines is 1. The van der Waals surface area contributed by atoms with Crippen molar-refractivity contribution in [1.29, 1.82) is 0 Å². The van der Waals surface area contributed by atoms with Crippen LogP contribution in [0.4, 0.5) is 5.82 Å². The zero-order chi connectivity index (χ0) is 12.3. The third-order valence-electron chi connectivity index (χ3n) is 2.11. The van der Waals surface area contributed by atoms with Crippen molar-refractivity contribution in [3.63, 3.8) is 0 Å². The Labute approximate surface area is 111 Å². The first kappa shape index (κ1) is 12.1. The number of carbonyl (C=O) groups excluding carboxylic acids is 1. The molecular formula is C11H10BrN3OS.